The van der Waals surface area contributed by atoms with Gasteiger partial charge in [0.05, 0.1) is 0 Å². The maximum Gasteiger partial charge on any atom is 0.160 e. The molecule has 3 rings (SSSR count). The highest BCUT2D eigenvalue weighted by Gasteiger charge is 2.20. The first-order valence-electron chi connectivity index (χ1n) is 8.55. The molecule has 2 aromatic rings. The molecule has 132 valence electrons. The standard InChI is InChI=1S/C20H22F2N2O/c1-14(25)16-5-2-4-15(10-16)12-24-9-3-6-18(13-24)23-17-7-8-19(21)20(22)11-17/h2,4-5,7-8,10-11,18,23H,3,6,9,12-13H2,1H3/t18-/m0/s1. The number of likely N-dealkylation sites (tertiary alicyclic amines) is 1. The Balaban J connectivity index is 1.62. The fourth-order valence-electron chi connectivity index (χ4n) is 3.29. The number of anilines is 1. The van der Waals surface area contributed by atoms with Crippen molar-refractivity contribution in [3.05, 3.63) is 65.2 Å². The smallest absolute Gasteiger partial charge is 0.160 e. The fourth-order valence-corrected chi connectivity index (χ4v) is 3.29. The molecule has 0 amide bonds. The SMILES string of the molecule is CC(=O)c1cccc(CN2CCC[C@H](Nc3ccc(F)c(F)c3)C2)c1. The van der Waals surface area contributed by atoms with Gasteiger partial charge in [0.1, 0.15) is 0 Å². The van der Waals surface area contributed by atoms with Crippen LogP contribution in [-0.2, 0) is 6.54 Å². The minimum Gasteiger partial charge on any atom is -0.381 e. The second-order valence-corrected chi connectivity index (χ2v) is 6.60. The molecule has 2 aromatic carbocycles. The summed E-state index contributed by atoms with van der Waals surface area (Å²) in [5.41, 5.74) is 2.44. The van der Waals surface area contributed by atoms with Crippen molar-refractivity contribution in [2.75, 3.05) is 18.4 Å². The number of nitrogens with one attached hydrogen (secondary N) is 1. The molecule has 1 aliphatic heterocycles. The third-order valence-electron chi connectivity index (χ3n) is 4.54. The number of carbonyl (C=O) groups excluding carboxylic acids is 1. The first kappa shape index (κ1) is 17.5. The van der Waals surface area contributed by atoms with Gasteiger partial charge in [0.2, 0.25) is 0 Å². The van der Waals surface area contributed by atoms with E-state index in [1.54, 1.807) is 13.0 Å². The summed E-state index contributed by atoms with van der Waals surface area (Å²) in [5, 5.41) is 3.29. The molecule has 1 aliphatic rings. The van der Waals surface area contributed by atoms with E-state index in [2.05, 4.69) is 10.2 Å². The van der Waals surface area contributed by atoms with Crippen molar-refractivity contribution >= 4 is 11.5 Å². The maximum absolute atomic E-state index is 13.3. The van der Waals surface area contributed by atoms with Crippen molar-refractivity contribution in [1.82, 2.24) is 4.90 Å². The normalized spacial score (nSPS) is 18.1. The second kappa shape index (κ2) is 7.74. The van der Waals surface area contributed by atoms with Crippen LogP contribution in [0.3, 0.4) is 0 Å². The van der Waals surface area contributed by atoms with Gasteiger partial charge < -0.3 is 5.32 Å². The van der Waals surface area contributed by atoms with Gasteiger partial charge in [-0.15, -0.1) is 0 Å². The van der Waals surface area contributed by atoms with E-state index in [0.29, 0.717) is 5.69 Å². The lowest BCUT2D eigenvalue weighted by molar-refractivity contribution is 0.101. The molecule has 0 spiro atoms. The first-order chi connectivity index (χ1) is 12.0. The predicted molar refractivity (Wildman–Crippen MR) is 94.7 cm³/mol. The zero-order valence-corrected chi connectivity index (χ0v) is 14.3. The summed E-state index contributed by atoms with van der Waals surface area (Å²) >= 11 is 0. The van der Waals surface area contributed by atoms with Gasteiger partial charge in [-0.25, -0.2) is 8.78 Å². The van der Waals surface area contributed by atoms with Crippen LogP contribution in [0.5, 0.6) is 0 Å². The molecule has 1 fully saturated rings. The van der Waals surface area contributed by atoms with Crippen molar-refractivity contribution in [3.63, 3.8) is 0 Å². The highest BCUT2D eigenvalue weighted by atomic mass is 19.2. The molecule has 1 atom stereocenters. The molecule has 0 aliphatic carbocycles. The van der Waals surface area contributed by atoms with Crippen LogP contribution in [0.15, 0.2) is 42.5 Å². The molecule has 0 radical (unpaired) electrons. The number of carbonyl (C=O) groups is 1. The number of piperidine rings is 1. The van der Waals surface area contributed by atoms with Crippen LogP contribution in [0.1, 0.15) is 35.7 Å². The Morgan fingerprint density at radius 1 is 1.20 bits per heavy atom. The number of hydrogen-bond acceptors (Lipinski definition) is 3. The first-order valence-corrected chi connectivity index (χ1v) is 8.55. The van der Waals surface area contributed by atoms with Crippen molar-refractivity contribution < 1.29 is 13.6 Å². The number of rotatable bonds is 5. The number of benzene rings is 2. The summed E-state index contributed by atoms with van der Waals surface area (Å²) in [6.45, 7) is 4.16. The summed E-state index contributed by atoms with van der Waals surface area (Å²) in [5.74, 6) is -1.60. The molecule has 0 unspecified atom stereocenters. The Labute approximate surface area is 146 Å². The van der Waals surface area contributed by atoms with E-state index < -0.39 is 11.6 Å². The lowest BCUT2D eigenvalue weighted by atomic mass is 10.0. The summed E-state index contributed by atoms with van der Waals surface area (Å²) in [6.07, 6.45) is 2.02. The third-order valence-corrected chi connectivity index (χ3v) is 4.54. The molecule has 5 heteroatoms. The van der Waals surface area contributed by atoms with Crippen molar-refractivity contribution in [3.8, 4) is 0 Å². The van der Waals surface area contributed by atoms with Crippen LogP contribution < -0.4 is 5.32 Å². The van der Waals surface area contributed by atoms with Gasteiger partial charge >= 0.3 is 0 Å². The maximum atomic E-state index is 13.3. The van der Waals surface area contributed by atoms with Crippen LogP contribution in [0.25, 0.3) is 0 Å². The molecular formula is C20H22F2N2O. The van der Waals surface area contributed by atoms with Crippen LogP contribution in [0.2, 0.25) is 0 Å². The van der Waals surface area contributed by atoms with Gasteiger partial charge in [0.15, 0.2) is 17.4 Å². The molecule has 1 saturated heterocycles. The van der Waals surface area contributed by atoms with E-state index in [1.807, 2.05) is 24.3 Å². The minimum absolute atomic E-state index is 0.0679. The Morgan fingerprint density at radius 3 is 2.80 bits per heavy atom. The number of Topliss-reactive ketones (excluding diaryl/α,β-unsaturated/α-hetero) is 1. The van der Waals surface area contributed by atoms with Gasteiger partial charge in [-0.2, -0.15) is 0 Å². The summed E-state index contributed by atoms with van der Waals surface area (Å²) in [6, 6.07) is 11.8. The Kier molecular flexibility index (Phi) is 5.43. The van der Waals surface area contributed by atoms with Crippen LogP contribution >= 0.6 is 0 Å². The minimum atomic E-state index is -0.835. The zero-order valence-electron chi connectivity index (χ0n) is 14.3. The van der Waals surface area contributed by atoms with E-state index in [9.17, 15) is 13.6 Å². The molecule has 1 N–H and O–H groups in total. The monoisotopic (exact) mass is 344 g/mol. The number of hydrogen-bond donors (Lipinski definition) is 1. The average molecular weight is 344 g/mol. The van der Waals surface area contributed by atoms with Gasteiger partial charge in [-0.05, 0) is 50.1 Å². The molecule has 1 heterocycles. The Morgan fingerprint density at radius 2 is 2.04 bits per heavy atom. The van der Waals surface area contributed by atoms with Gasteiger partial charge in [-0.1, -0.05) is 18.2 Å². The highest BCUT2D eigenvalue weighted by molar-refractivity contribution is 5.94. The van der Waals surface area contributed by atoms with Gasteiger partial charge in [0.25, 0.3) is 0 Å². The van der Waals surface area contributed by atoms with Crippen molar-refractivity contribution in [2.45, 2.75) is 32.4 Å². The van der Waals surface area contributed by atoms with Crippen molar-refractivity contribution in [2.24, 2.45) is 0 Å². The summed E-state index contributed by atoms with van der Waals surface area (Å²) in [7, 11) is 0. The topological polar surface area (TPSA) is 32.3 Å². The molecule has 0 bridgehead atoms. The van der Waals surface area contributed by atoms with E-state index in [1.165, 1.54) is 6.07 Å². The Hall–Kier alpha value is -2.27. The molecular weight excluding hydrogens is 322 g/mol. The van der Waals surface area contributed by atoms with Gasteiger partial charge in [0, 0.05) is 36.4 Å². The zero-order chi connectivity index (χ0) is 17.8. The molecule has 3 nitrogen and oxygen atoms in total. The summed E-state index contributed by atoms with van der Waals surface area (Å²) < 4.78 is 26.4. The summed E-state index contributed by atoms with van der Waals surface area (Å²) in [4.78, 5) is 13.8. The number of halogens is 2. The van der Waals surface area contributed by atoms with Crippen LogP contribution in [0.4, 0.5) is 14.5 Å². The quantitative estimate of drug-likeness (QED) is 0.823. The lowest BCUT2D eigenvalue weighted by Gasteiger charge is -2.33. The lowest BCUT2D eigenvalue weighted by Crippen LogP contribution is -2.41. The molecule has 0 saturated carbocycles. The molecule has 0 aromatic heterocycles. The van der Waals surface area contributed by atoms with E-state index in [-0.39, 0.29) is 11.8 Å². The van der Waals surface area contributed by atoms with Crippen LogP contribution in [-0.4, -0.2) is 29.8 Å². The number of nitrogens with zero attached hydrogens (tertiary/aromatic N) is 1. The van der Waals surface area contributed by atoms with Crippen LogP contribution in [0, 0.1) is 11.6 Å². The number of ketones is 1. The van der Waals surface area contributed by atoms with Crippen molar-refractivity contribution in [1.29, 1.82) is 0 Å². The van der Waals surface area contributed by atoms with E-state index >= 15 is 0 Å². The fraction of sp³-hybridized carbons (Fsp3) is 0.350. The highest BCUT2D eigenvalue weighted by Crippen LogP contribution is 2.20. The largest absolute Gasteiger partial charge is 0.381 e. The molecule has 25 heavy (non-hydrogen) atoms. The van der Waals surface area contributed by atoms with E-state index in [4.69, 9.17) is 0 Å². The average Bonchev–Trinajstić information content (AvgIpc) is 2.59. The third kappa shape index (κ3) is 4.63. The van der Waals surface area contributed by atoms with E-state index in [0.717, 1.165) is 49.7 Å². The second-order valence-electron chi connectivity index (χ2n) is 6.60. The van der Waals surface area contributed by atoms with Gasteiger partial charge in [-0.3, -0.25) is 9.69 Å². The Bertz CT molecular complexity index is 763. The predicted octanol–water partition coefficient (Wildman–Crippen LogP) is 4.24.